The summed E-state index contributed by atoms with van der Waals surface area (Å²) in [5.74, 6) is -0.701. The van der Waals surface area contributed by atoms with E-state index >= 15 is 4.79 Å². The molecule has 18 nitrogen and oxygen atoms in total. The number of non-ortho nitro benzene ring substituents is 1. The van der Waals surface area contributed by atoms with E-state index < -0.39 is 46.2 Å². The van der Waals surface area contributed by atoms with Gasteiger partial charge >= 0.3 is 6.09 Å². The number of unbranched alkanes of at least 4 members (excludes halogenated alkanes) is 2. The lowest BCUT2D eigenvalue weighted by Gasteiger charge is -2.60. The molecule has 1 saturated carbocycles. The number of allylic oxidation sites excluding steroid dienone is 1. The monoisotopic (exact) mass is 1030 g/mol. The molecule has 3 N–H and O–H groups in total. The van der Waals surface area contributed by atoms with Gasteiger partial charge in [-0.3, -0.25) is 20.2 Å². The first-order valence-electron chi connectivity index (χ1n) is 25.3. The quantitative estimate of drug-likeness (QED) is 0.0219. The van der Waals surface area contributed by atoms with Crippen molar-refractivity contribution in [1.29, 1.82) is 0 Å². The minimum Gasteiger partial charge on any atom is -0.497 e. The minimum atomic E-state index is -1.64. The van der Waals surface area contributed by atoms with Crippen LogP contribution in [0.2, 0.25) is 0 Å². The Kier molecular flexibility index (Phi) is 17.1. The first kappa shape index (κ1) is 53.9. The molecule has 2 amide bonds. The maximum absolute atomic E-state index is 15.4. The van der Waals surface area contributed by atoms with Crippen molar-refractivity contribution in [2.24, 2.45) is 22.9 Å². The molecule has 4 aliphatic rings. The number of nitrogens with one attached hydrogen (secondary N) is 1. The summed E-state index contributed by atoms with van der Waals surface area (Å²) in [5.41, 5.74) is 2.98. The highest BCUT2D eigenvalue weighted by Gasteiger charge is 2.65. The number of nitro benzene ring substituents is 1. The predicted octanol–water partition coefficient (Wildman–Crippen LogP) is 10.1. The normalized spacial score (nSPS) is 21.8. The third-order valence-electron chi connectivity index (χ3n) is 13.9. The molecule has 18 heteroatoms. The van der Waals surface area contributed by atoms with E-state index in [-0.39, 0.29) is 62.9 Å². The number of anilines is 1. The van der Waals surface area contributed by atoms with Gasteiger partial charge in [-0.1, -0.05) is 36.2 Å². The summed E-state index contributed by atoms with van der Waals surface area (Å²) in [6.45, 7) is 9.90. The van der Waals surface area contributed by atoms with Crippen LogP contribution in [0.25, 0.3) is 6.08 Å². The highest BCUT2D eigenvalue weighted by Crippen LogP contribution is 2.62. The number of aliphatic hydroxyl groups is 2. The summed E-state index contributed by atoms with van der Waals surface area (Å²) in [6, 6.07) is 20.7. The number of carbonyl (C=O) groups is 2. The molecule has 0 radical (unpaired) electrons. The van der Waals surface area contributed by atoms with E-state index in [2.05, 4.69) is 18.0 Å². The number of aliphatic hydroxyl groups excluding tert-OH is 2. The molecule has 0 saturated heterocycles. The molecule has 398 valence electrons. The van der Waals surface area contributed by atoms with Crippen LogP contribution in [-0.2, 0) is 20.9 Å². The molecule has 1 fully saturated rings. The topological polar surface area (TPSA) is 219 Å². The molecule has 4 aromatic carbocycles. The zero-order valence-electron chi connectivity index (χ0n) is 43.0. The van der Waals surface area contributed by atoms with Gasteiger partial charge in [0.15, 0.2) is 11.5 Å². The largest absolute Gasteiger partial charge is 0.497 e. The lowest BCUT2D eigenvalue weighted by atomic mass is 9.55. The van der Waals surface area contributed by atoms with E-state index in [9.17, 15) is 25.1 Å². The van der Waals surface area contributed by atoms with E-state index in [0.29, 0.717) is 71.4 Å². The van der Waals surface area contributed by atoms with E-state index in [1.807, 2.05) is 39.0 Å². The summed E-state index contributed by atoms with van der Waals surface area (Å²) in [7, 11) is 3.02. The lowest BCUT2D eigenvalue weighted by molar-refractivity contribution is -0.384. The zero-order valence-corrected chi connectivity index (χ0v) is 43.0. The Morgan fingerprint density at radius 1 is 0.920 bits per heavy atom. The van der Waals surface area contributed by atoms with Gasteiger partial charge < -0.3 is 53.1 Å². The summed E-state index contributed by atoms with van der Waals surface area (Å²) in [6.07, 6.45) is 10.2. The molecular weight excluding hydrogens is 965 g/mol. The van der Waals surface area contributed by atoms with Crippen molar-refractivity contribution in [1.82, 2.24) is 4.90 Å². The number of fused-ring (bicyclic) bond motifs is 3. The fraction of sp³-hybridized carbons (Fsp3) is 0.421. The Morgan fingerprint density at radius 3 is 2.36 bits per heavy atom. The fourth-order valence-electron chi connectivity index (χ4n) is 10.6. The number of nitro groups is 1. The molecule has 0 unspecified atom stereocenters. The van der Waals surface area contributed by atoms with Gasteiger partial charge in [-0.25, -0.2) is 4.79 Å². The molecule has 0 bridgehead atoms. The maximum atomic E-state index is 15.4. The Bertz CT molecular complexity index is 2810. The Morgan fingerprint density at radius 2 is 1.65 bits per heavy atom. The Hall–Kier alpha value is -7.41. The molecule has 8 rings (SSSR count). The van der Waals surface area contributed by atoms with Gasteiger partial charge in [-0.2, -0.15) is 0 Å². The van der Waals surface area contributed by atoms with Crippen LogP contribution in [0.5, 0.6) is 34.5 Å². The van der Waals surface area contributed by atoms with Crippen LogP contribution in [0, 0.1) is 27.9 Å². The molecule has 0 spiro atoms. The van der Waals surface area contributed by atoms with Crippen LogP contribution in [0.3, 0.4) is 0 Å². The molecule has 4 aromatic rings. The zero-order chi connectivity index (χ0) is 53.3. The molecule has 6 atom stereocenters. The van der Waals surface area contributed by atoms with Crippen molar-refractivity contribution in [3.8, 4) is 34.5 Å². The van der Waals surface area contributed by atoms with Crippen LogP contribution in [0.1, 0.15) is 88.3 Å². The number of rotatable bonds is 22. The van der Waals surface area contributed by atoms with Crippen LogP contribution in [-0.4, -0.2) is 96.0 Å². The summed E-state index contributed by atoms with van der Waals surface area (Å²) >= 11 is 0. The third-order valence-corrected chi connectivity index (χ3v) is 13.9. The minimum absolute atomic E-state index is 0.00257. The standard InChI is InChI=1S/C57H66N4O14/c1-7-28-72-57-51(60(34-37-16-23-48-50(29-37)71-35-70-48)52(64)25-17-36-14-18-39(19-15-36)61(66)67)33-46(59-75-56(2,3)4)43-30-38(12-8-10-26-62)42(13-9-11-27-63)53(54(43)57)44-31-41(21-24-47(44)74-57)73-55(65)58-45-22-20-40(68-5)32-49(45)69-6/h7,14-25,29-32,38,42,51,53-54,62-63H,1,8-13,26-28,33-35H2,2-6H3,(H,58,65)/t38-,42+,51-,53+,54+,57+/m0/s1. The number of hydrogen-bond acceptors (Lipinski definition) is 15. The van der Waals surface area contributed by atoms with Crippen molar-refractivity contribution < 1.29 is 62.7 Å². The second kappa shape index (κ2) is 23.9. The van der Waals surface area contributed by atoms with Crippen molar-refractivity contribution in [2.75, 3.05) is 46.1 Å². The molecule has 2 aliphatic heterocycles. The number of nitrogens with zero attached hydrogens (tertiary/aromatic N) is 3. The molecule has 2 heterocycles. The molecular formula is C57H66N4O14. The van der Waals surface area contributed by atoms with Gasteiger partial charge in [-0.15, -0.1) is 6.58 Å². The average molecular weight is 1030 g/mol. The second-order valence-electron chi connectivity index (χ2n) is 19.9. The van der Waals surface area contributed by atoms with Crippen molar-refractivity contribution in [2.45, 2.75) is 95.6 Å². The van der Waals surface area contributed by atoms with Crippen molar-refractivity contribution >= 4 is 35.2 Å². The number of ether oxygens (including phenoxy) is 7. The van der Waals surface area contributed by atoms with Gasteiger partial charge in [0.2, 0.25) is 18.5 Å². The maximum Gasteiger partial charge on any atom is 0.417 e. The lowest BCUT2D eigenvalue weighted by Crippen LogP contribution is -2.70. The van der Waals surface area contributed by atoms with Crippen LogP contribution in [0.4, 0.5) is 16.2 Å². The predicted molar refractivity (Wildman–Crippen MR) is 280 cm³/mol. The molecule has 2 aliphatic carbocycles. The highest BCUT2D eigenvalue weighted by molar-refractivity contribution is 6.03. The van der Waals surface area contributed by atoms with Gasteiger partial charge in [0.05, 0.1) is 43.1 Å². The van der Waals surface area contributed by atoms with E-state index in [1.54, 1.807) is 65.6 Å². The van der Waals surface area contributed by atoms with Crippen LogP contribution < -0.4 is 33.7 Å². The van der Waals surface area contributed by atoms with Gasteiger partial charge in [0.25, 0.3) is 5.69 Å². The first-order valence-corrected chi connectivity index (χ1v) is 25.3. The fourth-order valence-corrected chi connectivity index (χ4v) is 10.6. The number of oxime groups is 1. The summed E-state index contributed by atoms with van der Waals surface area (Å²) in [5, 5.41) is 39.4. The van der Waals surface area contributed by atoms with E-state index in [0.717, 1.165) is 29.5 Å². The third kappa shape index (κ3) is 12.3. The first-order chi connectivity index (χ1) is 36.2. The Labute approximate surface area is 436 Å². The number of amides is 2. The van der Waals surface area contributed by atoms with Crippen molar-refractivity contribution in [3.63, 3.8) is 0 Å². The summed E-state index contributed by atoms with van der Waals surface area (Å²) in [4.78, 5) is 48.2. The van der Waals surface area contributed by atoms with E-state index in [1.165, 1.54) is 32.4 Å². The van der Waals surface area contributed by atoms with Crippen molar-refractivity contribution in [3.05, 3.63) is 136 Å². The van der Waals surface area contributed by atoms with Gasteiger partial charge in [0, 0.05) is 61.9 Å². The summed E-state index contributed by atoms with van der Waals surface area (Å²) < 4.78 is 43.0. The van der Waals surface area contributed by atoms with Gasteiger partial charge in [0.1, 0.15) is 34.6 Å². The second-order valence-corrected chi connectivity index (χ2v) is 19.9. The van der Waals surface area contributed by atoms with Crippen LogP contribution >= 0.6 is 0 Å². The van der Waals surface area contributed by atoms with Crippen LogP contribution in [0.15, 0.2) is 114 Å². The number of methoxy groups -OCH3 is 2. The number of benzene rings is 4. The molecule has 75 heavy (non-hydrogen) atoms. The average Bonchev–Trinajstić information content (AvgIpc) is 3.87. The SMILES string of the molecule is C=CCO[C@@]12Oc3ccc(OC(=O)Nc4ccc(OC)cc4OC)cc3[C@H]3[C@H](CCCCO)[C@@H](CCCCO)C=C(C(=NOC(C)(C)C)C[C@@H]1N(Cc1ccc4c(c1)OCO4)C(=O)C=Cc1ccc([N+](=O)[O-])cc1)[C@H]32. The molecule has 0 aromatic heterocycles. The smallest absolute Gasteiger partial charge is 0.417 e. The number of hydrogen-bond donors (Lipinski definition) is 3. The van der Waals surface area contributed by atoms with E-state index in [4.69, 9.17) is 43.2 Å². The highest BCUT2D eigenvalue weighted by atomic mass is 16.7. The van der Waals surface area contributed by atoms with Gasteiger partial charge in [-0.05, 0) is 136 Å². The number of carbonyl (C=O) groups excluding carboxylic acids is 2. The Balaban J connectivity index is 1.31.